The van der Waals surface area contributed by atoms with Gasteiger partial charge in [-0.3, -0.25) is 4.79 Å². The molecule has 22 heavy (non-hydrogen) atoms. The number of carbonyl (C=O) groups excluding carboxylic acids is 1. The number of aryl methyl sites for hydroxylation is 1. The highest BCUT2D eigenvalue weighted by molar-refractivity contribution is 7.13. The average molecular weight is 309 g/mol. The Morgan fingerprint density at radius 1 is 1.27 bits per heavy atom. The maximum Gasteiger partial charge on any atom is 0.279 e. The van der Waals surface area contributed by atoms with Crippen molar-refractivity contribution in [1.82, 2.24) is 0 Å². The summed E-state index contributed by atoms with van der Waals surface area (Å²) in [5.74, 6) is -0.138. The van der Waals surface area contributed by atoms with Gasteiger partial charge in [-0.1, -0.05) is 24.3 Å². The van der Waals surface area contributed by atoms with Gasteiger partial charge in [0.1, 0.15) is 0 Å². The third kappa shape index (κ3) is 2.63. The molecule has 0 spiro atoms. The summed E-state index contributed by atoms with van der Waals surface area (Å²) >= 11 is 1.64. The highest BCUT2D eigenvalue weighted by atomic mass is 32.1. The van der Waals surface area contributed by atoms with Gasteiger partial charge in [0, 0.05) is 21.9 Å². The molecule has 0 N–H and O–H groups in total. The molecule has 0 saturated carbocycles. The lowest BCUT2D eigenvalue weighted by atomic mass is 10.1. The number of para-hydroxylation sites is 1. The molecule has 1 aliphatic heterocycles. The van der Waals surface area contributed by atoms with E-state index in [0.717, 1.165) is 16.1 Å². The maximum atomic E-state index is 12.5. The van der Waals surface area contributed by atoms with Gasteiger partial charge < -0.3 is 4.90 Å². The van der Waals surface area contributed by atoms with E-state index in [1.54, 1.807) is 28.5 Å². The number of thiophene rings is 1. The Hall–Kier alpha value is -2.53. The number of amides is 1. The Labute approximate surface area is 133 Å². The lowest BCUT2D eigenvalue weighted by molar-refractivity contribution is -0.112. The second-order valence-corrected chi connectivity index (χ2v) is 6.18. The van der Waals surface area contributed by atoms with Crippen LogP contribution in [0, 0.1) is 6.92 Å². The van der Waals surface area contributed by atoms with Crippen LogP contribution in [0.3, 0.4) is 0 Å². The molecule has 110 valence electrons. The minimum Gasteiger partial charge on any atom is -0.302 e. The van der Waals surface area contributed by atoms with E-state index in [9.17, 15) is 4.79 Å². The molecule has 3 rings (SSSR count). The van der Waals surface area contributed by atoms with Crippen LogP contribution in [-0.2, 0) is 4.79 Å². The highest BCUT2D eigenvalue weighted by Gasteiger charge is 2.32. The molecular weight excluding hydrogens is 294 g/mol. The topological polar surface area (TPSA) is 45.0 Å². The van der Waals surface area contributed by atoms with Gasteiger partial charge >= 0.3 is 0 Å². The highest BCUT2D eigenvalue weighted by Crippen LogP contribution is 2.29. The van der Waals surface area contributed by atoms with Gasteiger partial charge in [0.2, 0.25) is 0 Å². The molecular formula is C17H15N3OS. The summed E-state index contributed by atoms with van der Waals surface area (Å²) in [5.41, 5.74) is 2.05. The predicted octanol–water partition coefficient (Wildman–Crippen LogP) is 3.41. The van der Waals surface area contributed by atoms with Crippen molar-refractivity contribution in [3.8, 4) is 0 Å². The van der Waals surface area contributed by atoms with Gasteiger partial charge in [0.05, 0.1) is 11.9 Å². The molecule has 4 nitrogen and oxygen atoms in total. The third-order valence-electron chi connectivity index (χ3n) is 3.31. The van der Waals surface area contributed by atoms with Crippen molar-refractivity contribution in [2.75, 3.05) is 11.4 Å². The van der Waals surface area contributed by atoms with Crippen molar-refractivity contribution in [2.24, 2.45) is 10.2 Å². The first-order valence-corrected chi connectivity index (χ1v) is 7.72. The summed E-state index contributed by atoms with van der Waals surface area (Å²) in [6, 6.07) is 11.6. The van der Waals surface area contributed by atoms with Crippen molar-refractivity contribution in [3.63, 3.8) is 0 Å². The number of hydrogen-bond acceptors (Lipinski definition) is 4. The summed E-state index contributed by atoms with van der Waals surface area (Å²) in [6.45, 7) is 6.20. The molecule has 2 aromatic rings. The van der Waals surface area contributed by atoms with Gasteiger partial charge in [-0.05, 0) is 25.1 Å². The van der Waals surface area contributed by atoms with Crippen molar-refractivity contribution in [2.45, 2.75) is 6.92 Å². The molecule has 0 fully saturated rings. The number of carbonyl (C=O) groups is 1. The number of hydrogen-bond donors (Lipinski definition) is 0. The lowest BCUT2D eigenvalue weighted by Gasteiger charge is -2.13. The number of rotatable bonds is 4. The number of benzene rings is 1. The summed E-state index contributed by atoms with van der Waals surface area (Å²) in [4.78, 5) is 16.4. The number of nitrogens with zero attached hydrogens (tertiary/aromatic N) is 3. The second kappa shape index (κ2) is 6.07. The second-order valence-electron chi connectivity index (χ2n) is 4.86. The van der Waals surface area contributed by atoms with Crippen LogP contribution < -0.4 is 4.90 Å². The van der Waals surface area contributed by atoms with E-state index < -0.39 is 0 Å². The fourth-order valence-corrected chi connectivity index (χ4v) is 3.08. The van der Waals surface area contributed by atoms with Crippen molar-refractivity contribution in [3.05, 3.63) is 64.4 Å². The van der Waals surface area contributed by atoms with Gasteiger partial charge in [0.25, 0.3) is 5.91 Å². The van der Waals surface area contributed by atoms with E-state index in [1.165, 1.54) is 4.88 Å². The molecule has 1 aromatic carbocycles. The third-order valence-corrected chi connectivity index (χ3v) is 4.25. The summed E-state index contributed by atoms with van der Waals surface area (Å²) in [5, 5.41) is 8.23. The van der Waals surface area contributed by atoms with E-state index >= 15 is 0 Å². The molecule has 0 bridgehead atoms. The number of fused-ring (bicyclic) bond motifs is 1. The SMILES string of the molecule is C=CCN1C(=O)/C(=N/N=C\c2ccc(C)s2)c2ccccc21. The predicted molar refractivity (Wildman–Crippen MR) is 92.2 cm³/mol. The molecule has 1 aromatic heterocycles. The first-order valence-electron chi connectivity index (χ1n) is 6.90. The molecule has 0 radical (unpaired) electrons. The van der Waals surface area contributed by atoms with E-state index in [0.29, 0.717) is 12.3 Å². The smallest absolute Gasteiger partial charge is 0.279 e. The zero-order valence-corrected chi connectivity index (χ0v) is 13.0. The standard InChI is InChI=1S/C17H15N3OS/c1-3-10-20-15-7-5-4-6-14(15)16(17(20)21)19-18-11-13-9-8-12(2)22-13/h3-9,11H,1,10H2,2H3/b18-11-,19-16+. The minimum absolute atomic E-state index is 0.138. The van der Waals surface area contributed by atoms with Crippen LogP contribution in [0.15, 0.2) is 59.3 Å². The molecule has 0 saturated heterocycles. The zero-order chi connectivity index (χ0) is 15.5. The summed E-state index contributed by atoms with van der Waals surface area (Å²) in [7, 11) is 0. The lowest BCUT2D eigenvalue weighted by Crippen LogP contribution is -2.30. The quantitative estimate of drug-likeness (QED) is 0.485. The van der Waals surface area contributed by atoms with Crippen LogP contribution in [0.5, 0.6) is 0 Å². The van der Waals surface area contributed by atoms with Crippen LogP contribution in [0.2, 0.25) is 0 Å². The normalized spacial score (nSPS) is 15.8. The Kier molecular flexibility index (Phi) is 3.98. The van der Waals surface area contributed by atoms with Crippen LogP contribution in [0.1, 0.15) is 15.3 Å². The van der Waals surface area contributed by atoms with Crippen molar-refractivity contribution in [1.29, 1.82) is 0 Å². The molecule has 1 amide bonds. The zero-order valence-electron chi connectivity index (χ0n) is 12.2. The fourth-order valence-electron chi connectivity index (χ4n) is 2.34. The average Bonchev–Trinajstić information content (AvgIpc) is 3.04. The van der Waals surface area contributed by atoms with Crippen LogP contribution in [-0.4, -0.2) is 24.4 Å². The fraction of sp³-hybridized carbons (Fsp3) is 0.118. The first-order chi connectivity index (χ1) is 10.7. The Morgan fingerprint density at radius 3 is 2.82 bits per heavy atom. The summed E-state index contributed by atoms with van der Waals surface area (Å²) < 4.78 is 0. The van der Waals surface area contributed by atoms with Crippen LogP contribution in [0.25, 0.3) is 0 Å². The van der Waals surface area contributed by atoms with Gasteiger partial charge in [-0.15, -0.1) is 23.0 Å². The van der Waals surface area contributed by atoms with E-state index in [4.69, 9.17) is 0 Å². The molecule has 0 aliphatic carbocycles. The van der Waals surface area contributed by atoms with E-state index in [1.807, 2.05) is 43.3 Å². The van der Waals surface area contributed by atoms with E-state index in [-0.39, 0.29) is 5.91 Å². The van der Waals surface area contributed by atoms with Crippen LogP contribution >= 0.6 is 11.3 Å². The van der Waals surface area contributed by atoms with Crippen molar-refractivity contribution < 1.29 is 4.79 Å². The Morgan fingerprint density at radius 2 is 2.09 bits per heavy atom. The Bertz CT molecular complexity index is 789. The first kappa shape index (κ1) is 14.4. The van der Waals surface area contributed by atoms with Crippen molar-refractivity contribution >= 4 is 34.9 Å². The largest absolute Gasteiger partial charge is 0.302 e. The van der Waals surface area contributed by atoms with E-state index in [2.05, 4.69) is 16.8 Å². The van der Waals surface area contributed by atoms with Gasteiger partial charge in [-0.25, -0.2) is 0 Å². The van der Waals surface area contributed by atoms with Gasteiger partial charge in [0.15, 0.2) is 5.71 Å². The monoisotopic (exact) mass is 309 g/mol. The summed E-state index contributed by atoms with van der Waals surface area (Å²) in [6.07, 6.45) is 3.38. The molecule has 5 heteroatoms. The molecule has 1 aliphatic rings. The number of anilines is 1. The van der Waals surface area contributed by atoms with Crippen LogP contribution in [0.4, 0.5) is 5.69 Å². The molecule has 0 unspecified atom stereocenters. The van der Waals surface area contributed by atoms with Gasteiger partial charge in [-0.2, -0.15) is 5.10 Å². The Balaban J connectivity index is 1.93. The minimum atomic E-state index is -0.138. The maximum absolute atomic E-state index is 12.5. The molecule has 0 atom stereocenters. The molecule has 2 heterocycles.